The molecule has 0 atom stereocenters. The molecule has 20 heavy (non-hydrogen) atoms. The van der Waals surface area contributed by atoms with E-state index in [-0.39, 0.29) is 11.1 Å². The van der Waals surface area contributed by atoms with Crippen molar-refractivity contribution in [1.82, 2.24) is 0 Å². The minimum absolute atomic E-state index is 0.112. The number of nitrogens with two attached hydrogens (primary N) is 1. The monoisotopic (exact) mass is 336 g/mol. The van der Waals surface area contributed by atoms with E-state index in [1.165, 1.54) is 11.6 Å². The third-order valence-corrected chi connectivity index (χ3v) is 4.07. The summed E-state index contributed by atoms with van der Waals surface area (Å²) in [4.78, 5) is 0. The number of halogens is 2. The molecule has 0 bridgehead atoms. The molecule has 0 saturated carbocycles. The molecule has 2 nitrogen and oxygen atoms in total. The summed E-state index contributed by atoms with van der Waals surface area (Å²) < 4.78 is 14.5. The van der Waals surface area contributed by atoms with E-state index < -0.39 is 5.82 Å². The van der Waals surface area contributed by atoms with Crippen molar-refractivity contribution in [2.24, 2.45) is 0 Å². The van der Waals surface area contributed by atoms with Gasteiger partial charge in [0.2, 0.25) is 0 Å². The molecule has 0 amide bonds. The van der Waals surface area contributed by atoms with Gasteiger partial charge in [-0.2, -0.15) is 0 Å². The SMILES string of the molecule is CC(C)(CNc1cccc(F)c1N)c1ccccc1Br. The van der Waals surface area contributed by atoms with Crippen LogP contribution in [0.2, 0.25) is 0 Å². The smallest absolute Gasteiger partial charge is 0.148 e. The van der Waals surface area contributed by atoms with E-state index in [4.69, 9.17) is 5.73 Å². The van der Waals surface area contributed by atoms with E-state index in [1.807, 2.05) is 18.2 Å². The Morgan fingerprint density at radius 2 is 1.85 bits per heavy atom. The highest BCUT2D eigenvalue weighted by atomic mass is 79.9. The molecule has 4 heteroatoms. The Balaban J connectivity index is 2.17. The Bertz CT molecular complexity index is 611. The van der Waals surface area contributed by atoms with Gasteiger partial charge in [-0.1, -0.05) is 54.0 Å². The molecule has 0 aliphatic rings. The van der Waals surface area contributed by atoms with Gasteiger partial charge in [0.05, 0.1) is 11.4 Å². The van der Waals surface area contributed by atoms with Gasteiger partial charge in [-0.25, -0.2) is 4.39 Å². The van der Waals surface area contributed by atoms with E-state index in [0.717, 1.165) is 4.47 Å². The maximum Gasteiger partial charge on any atom is 0.148 e. The summed E-state index contributed by atoms with van der Waals surface area (Å²) in [5.41, 5.74) is 7.61. The number of para-hydroxylation sites is 1. The molecule has 0 aliphatic heterocycles. The number of hydrogen-bond acceptors (Lipinski definition) is 2. The molecule has 0 aromatic heterocycles. The molecular weight excluding hydrogens is 319 g/mol. The maximum atomic E-state index is 13.4. The van der Waals surface area contributed by atoms with Crippen molar-refractivity contribution >= 4 is 27.3 Å². The first-order valence-corrected chi connectivity index (χ1v) is 7.24. The van der Waals surface area contributed by atoms with Crippen LogP contribution in [0, 0.1) is 5.82 Å². The Morgan fingerprint density at radius 1 is 1.15 bits per heavy atom. The topological polar surface area (TPSA) is 38.0 Å². The van der Waals surface area contributed by atoms with Gasteiger partial charge in [-0.3, -0.25) is 0 Å². The summed E-state index contributed by atoms with van der Waals surface area (Å²) >= 11 is 3.57. The van der Waals surface area contributed by atoms with Crippen LogP contribution >= 0.6 is 15.9 Å². The fourth-order valence-corrected chi connectivity index (χ4v) is 2.93. The molecule has 0 heterocycles. The maximum absolute atomic E-state index is 13.4. The van der Waals surface area contributed by atoms with Gasteiger partial charge < -0.3 is 11.1 Å². The molecule has 2 rings (SSSR count). The van der Waals surface area contributed by atoms with E-state index in [2.05, 4.69) is 41.2 Å². The lowest BCUT2D eigenvalue weighted by atomic mass is 9.84. The second kappa shape index (κ2) is 5.83. The van der Waals surface area contributed by atoms with Crippen molar-refractivity contribution < 1.29 is 4.39 Å². The average Bonchev–Trinajstić information content (AvgIpc) is 2.41. The molecule has 0 aliphatic carbocycles. The van der Waals surface area contributed by atoms with Crippen LogP contribution in [0.15, 0.2) is 46.9 Å². The van der Waals surface area contributed by atoms with Crippen LogP contribution in [-0.4, -0.2) is 6.54 Å². The van der Waals surface area contributed by atoms with Crippen LogP contribution < -0.4 is 11.1 Å². The number of nitrogen functional groups attached to an aromatic ring is 1. The van der Waals surface area contributed by atoms with Gasteiger partial charge in [0.15, 0.2) is 0 Å². The van der Waals surface area contributed by atoms with Crippen LogP contribution in [0.25, 0.3) is 0 Å². The number of nitrogens with one attached hydrogen (secondary N) is 1. The minimum Gasteiger partial charge on any atom is -0.395 e. The third kappa shape index (κ3) is 3.12. The van der Waals surface area contributed by atoms with Crippen molar-refractivity contribution in [2.45, 2.75) is 19.3 Å². The van der Waals surface area contributed by atoms with Crippen LogP contribution in [0.3, 0.4) is 0 Å². The highest BCUT2D eigenvalue weighted by Gasteiger charge is 2.23. The van der Waals surface area contributed by atoms with Crippen molar-refractivity contribution in [3.05, 3.63) is 58.3 Å². The predicted molar refractivity (Wildman–Crippen MR) is 86.5 cm³/mol. The van der Waals surface area contributed by atoms with Gasteiger partial charge in [0, 0.05) is 16.4 Å². The van der Waals surface area contributed by atoms with Gasteiger partial charge in [-0.15, -0.1) is 0 Å². The first-order valence-electron chi connectivity index (χ1n) is 6.45. The van der Waals surface area contributed by atoms with Gasteiger partial charge in [-0.05, 0) is 23.8 Å². The van der Waals surface area contributed by atoms with E-state index in [1.54, 1.807) is 12.1 Å². The summed E-state index contributed by atoms with van der Waals surface area (Å²) in [5.74, 6) is -0.395. The molecule has 2 aromatic carbocycles. The fraction of sp³-hybridized carbons (Fsp3) is 0.250. The van der Waals surface area contributed by atoms with Crippen LogP contribution in [0.1, 0.15) is 19.4 Å². The molecular formula is C16H18BrFN2. The van der Waals surface area contributed by atoms with Gasteiger partial charge in [0.1, 0.15) is 5.82 Å². The highest BCUT2D eigenvalue weighted by Crippen LogP contribution is 2.31. The summed E-state index contributed by atoms with van der Waals surface area (Å²) in [6.45, 7) is 4.93. The van der Waals surface area contributed by atoms with Crippen molar-refractivity contribution in [3.63, 3.8) is 0 Å². The molecule has 106 valence electrons. The van der Waals surface area contributed by atoms with Crippen molar-refractivity contribution in [3.8, 4) is 0 Å². The summed E-state index contributed by atoms with van der Waals surface area (Å²) in [6.07, 6.45) is 0. The zero-order valence-electron chi connectivity index (χ0n) is 11.6. The zero-order valence-corrected chi connectivity index (χ0v) is 13.2. The van der Waals surface area contributed by atoms with E-state index >= 15 is 0 Å². The van der Waals surface area contributed by atoms with Crippen LogP contribution in [-0.2, 0) is 5.41 Å². The average molecular weight is 337 g/mol. The highest BCUT2D eigenvalue weighted by molar-refractivity contribution is 9.10. The largest absolute Gasteiger partial charge is 0.395 e. The number of rotatable bonds is 4. The fourth-order valence-electron chi connectivity index (χ4n) is 2.11. The van der Waals surface area contributed by atoms with Crippen LogP contribution in [0.4, 0.5) is 15.8 Å². The molecule has 0 saturated heterocycles. The number of hydrogen-bond donors (Lipinski definition) is 2. The molecule has 0 spiro atoms. The Kier molecular flexibility index (Phi) is 4.33. The molecule has 2 aromatic rings. The van der Waals surface area contributed by atoms with E-state index in [9.17, 15) is 4.39 Å². The van der Waals surface area contributed by atoms with Crippen molar-refractivity contribution in [2.75, 3.05) is 17.6 Å². The lowest BCUT2D eigenvalue weighted by Crippen LogP contribution is -2.28. The lowest BCUT2D eigenvalue weighted by Gasteiger charge is -2.27. The Morgan fingerprint density at radius 3 is 2.55 bits per heavy atom. The zero-order chi connectivity index (χ0) is 14.8. The number of benzene rings is 2. The Hall–Kier alpha value is -1.55. The lowest BCUT2D eigenvalue weighted by molar-refractivity contribution is 0.554. The van der Waals surface area contributed by atoms with Gasteiger partial charge >= 0.3 is 0 Å². The first-order chi connectivity index (χ1) is 9.42. The second-order valence-corrected chi connectivity index (χ2v) is 6.27. The van der Waals surface area contributed by atoms with E-state index in [0.29, 0.717) is 12.2 Å². The predicted octanol–water partition coefficient (Wildman–Crippen LogP) is 4.56. The third-order valence-electron chi connectivity index (χ3n) is 3.38. The summed E-state index contributed by atoms with van der Waals surface area (Å²) in [6, 6.07) is 12.9. The van der Waals surface area contributed by atoms with Crippen molar-refractivity contribution in [1.29, 1.82) is 0 Å². The quantitative estimate of drug-likeness (QED) is 0.803. The molecule has 0 fully saturated rings. The van der Waals surface area contributed by atoms with Crippen LogP contribution in [0.5, 0.6) is 0 Å². The summed E-state index contributed by atoms with van der Waals surface area (Å²) in [7, 11) is 0. The molecule has 3 N–H and O–H groups in total. The van der Waals surface area contributed by atoms with Gasteiger partial charge in [0.25, 0.3) is 0 Å². The number of anilines is 2. The summed E-state index contributed by atoms with van der Waals surface area (Å²) in [5, 5.41) is 3.23. The first kappa shape index (κ1) is 14.9. The normalized spacial score (nSPS) is 11.4. The molecule has 0 unspecified atom stereocenters. The standard InChI is InChI=1S/C16H18BrFN2/c1-16(2,11-6-3-4-7-12(11)17)10-20-14-9-5-8-13(18)15(14)19/h3-9,20H,10,19H2,1-2H3. The Labute approximate surface area is 127 Å². The second-order valence-electron chi connectivity index (χ2n) is 5.42. The molecule has 0 radical (unpaired) electrons. The minimum atomic E-state index is -0.395.